The van der Waals surface area contributed by atoms with Crippen LogP contribution in [0.2, 0.25) is 0 Å². The Balaban J connectivity index is 2.59. The number of carbonyl (C=O) groups is 1. The number of benzene rings is 1. The molecule has 1 amide bonds. The molecule has 19 heavy (non-hydrogen) atoms. The molecule has 1 aromatic carbocycles. The summed E-state index contributed by atoms with van der Waals surface area (Å²) >= 11 is 0. The summed E-state index contributed by atoms with van der Waals surface area (Å²) in [6, 6.07) is 6.24. The number of hydrogen-bond acceptors (Lipinski definition) is 3. The van der Waals surface area contributed by atoms with Crippen molar-refractivity contribution >= 4 is 5.91 Å². The fourth-order valence-corrected chi connectivity index (χ4v) is 1.69. The molecule has 0 aliphatic heterocycles. The maximum Gasteiger partial charge on any atom is 0.226 e. The zero-order valence-corrected chi connectivity index (χ0v) is 11.4. The lowest BCUT2D eigenvalue weighted by molar-refractivity contribution is -0.128. The van der Waals surface area contributed by atoms with Gasteiger partial charge in [0.05, 0.1) is 17.0 Å². The van der Waals surface area contributed by atoms with Gasteiger partial charge in [-0.2, -0.15) is 5.26 Å². The van der Waals surface area contributed by atoms with Gasteiger partial charge in [-0.1, -0.05) is 6.07 Å². The predicted molar refractivity (Wildman–Crippen MR) is 70.7 cm³/mol. The lowest BCUT2D eigenvalue weighted by atomic mass is 9.92. The maximum absolute atomic E-state index is 13.6. The van der Waals surface area contributed by atoms with E-state index in [1.165, 1.54) is 6.07 Å². The van der Waals surface area contributed by atoms with Crippen molar-refractivity contribution in [1.82, 2.24) is 10.6 Å². The van der Waals surface area contributed by atoms with Crippen molar-refractivity contribution in [3.8, 4) is 6.07 Å². The van der Waals surface area contributed by atoms with Gasteiger partial charge in [0.25, 0.3) is 0 Å². The van der Waals surface area contributed by atoms with Gasteiger partial charge in [0, 0.05) is 25.7 Å². The van der Waals surface area contributed by atoms with Crippen molar-refractivity contribution in [2.24, 2.45) is 5.41 Å². The van der Waals surface area contributed by atoms with E-state index in [1.807, 2.05) is 19.9 Å². The zero-order chi connectivity index (χ0) is 14.5. The summed E-state index contributed by atoms with van der Waals surface area (Å²) < 4.78 is 13.6. The summed E-state index contributed by atoms with van der Waals surface area (Å²) in [6.45, 7) is 4.38. The van der Waals surface area contributed by atoms with E-state index in [-0.39, 0.29) is 5.91 Å². The van der Waals surface area contributed by atoms with E-state index in [0.29, 0.717) is 24.2 Å². The average molecular weight is 263 g/mol. The highest BCUT2D eigenvalue weighted by Crippen LogP contribution is 2.14. The minimum absolute atomic E-state index is 0.0692. The Labute approximate surface area is 112 Å². The van der Waals surface area contributed by atoms with Crippen LogP contribution in [0.4, 0.5) is 4.39 Å². The number of carbonyl (C=O) groups excluding carboxylic acids is 1. The van der Waals surface area contributed by atoms with E-state index in [1.54, 1.807) is 19.2 Å². The molecule has 0 aromatic heterocycles. The van der Waals surface area contributed by atoms with Gasteiger partial charge in [0.2, 0.25) is 5.91 Å². The van der Waals surface area contributed by atoms with Crippen LogP contribution in [0.5, 0.6) is 0 Å². The smallest absolute Gasteiger partial charge is 0.226 e. The summed E-state index contributed by atoms with van der Waals surface area (Å²) in [5, 5.41) is 14.3. The quantitative estimate of drug-likeness (QED) is 0.847. The standard InChI is InChI=1S/C14H18FN3O/c1-14(2,13(19)17-3)9-18-8-11-5-4-10(7-16)6-12(11)15/h4-6,18H,8-9H2,1-3H3,(H,17,19). The molecule has 0 aliphatic rings. The van der Waals surface area contributed by atoms with E-state index in [9.17, 15) is 9.18 Å². The Bertz CT molecular complexity index is 506. The Morgan fingerprint density at radius 3 is 2.68 bits per heavy atom. The largest absolute Gasteiger partial charge is 0.359 e. The van der Waals surface area contributed by atoms with Crippen molar-refractivity contribution in [2.75, 3.05) is 13.6 Å². The van der Waals surface area contributed by atoms with Crippen molar-refractivity contribution in [2.45, 2.75) is 20.4 Å². The van der Waals surface area contributed by atoms with Gasteiger partial charge >= 0.3 is 0 Å². The van der Waals surface area contributed by atoms with Crippen molar-refractivity contribution in [3.63, 3.8) is 0 Å². The lowest BCUT2D eigenvalue weighted by Gasteiger charge is -2.23. The molecule has 2 N–H and O–H groups in total. The summed E-state index contributed by atoms with van der Waals surface area (Å²) in [4.78, 5) is 11.6. The first-order chi connectivity index (χ1) is 8.90. The van der Waals surface area contributed by atoms with Crippen LogP contribution < -0.4 is 10.6 Å². The Kier molecular flexibility index (Phi) is 5.02. The molecule has 0 unspecified atom stereocenters. The summed E-state index contributed by atoms with van der Waals surface area (Å²) in [5.74, 6) is -0.482. The first-order valence-electron chi connectivity index (χ1n) is 6.02. The summed E-state index contributed by atoms with van der Waals surface area (Å²) in [6.07, 6.45) is 0. The summed E-state index contributed by atoms with van der Waals surface area (Å²) in [5.41, 5.74) is 0.219. The van der Waals surface area contributed by atoms with Crippen molar-refractivity contribution in [3.05, 3.63) is 35.1 Å². The molecule has 0 aliphatic carbocycles. The molecule has 5 heteroatoms. The molecule has 0 saturated heterocycles. The fourth-order valence-electron chi connectivity index (χ4n) is 1.69. The van der Waals surface area contributed by atoms with E-state index >= 15 is 0 Å². The Hall–Kier alpha value is -1.93. The number of halogens is 1. The van der Waals surface area contributed by atoms with Crippen LogP contribution in [0.25, 0.3) is 0 Å². The molecule has 4 nitrogen and oxygen atoms in total. The maximum atomic E-state index is 13.6. The van der Waals surface area contributed by atoms with Crippen LogP contribution in [0.15, 0.2) is 18.2 Å². The second-order valence-corrected chi connectivity index (χ2v) is 4.98. The monoisotopic (exact) mass is 263 g/mol. The van der Waals surface area contributed by atoms with Gasteiger partial charge in [-0.3, -0.25) is 4.79 Å². The second kappa shape index (κ2) is 6.30. The molecule has 0 atom stereocenters. The number of nitrogens with zero attached hydrogens (tertiary/aromatic N) is 1. The third kappa shape index (κ3) is 4.04. The van der Waals surface area contributed by atoms with Gasteiger partial charge in [-0.15, -0.1) is 0 Å². The van der Waals surface area contributed by atoms with Crippen LogP contribution in [0, 0.1) is 22.6 Å². The van der Waals surface area contributed by atoms with Gasteiger partial charge < -0.3 is 10.6 Å². The lowest BCUT2D eigenvalue weighted by Crippen LogP contribution is -2.41. The molecule has 102 valence electrons. The van der Waals surface area contributed by atoms with Crippen LogP contribution in [0.3, 0.4) is 0 Å². The molecule has 1 rings (SSSR count). The number of nitriles is 1. The molecule has 0 heterocycles. The van der Waals surface area contributed by atoms with Gasteiger partial charge in [-0.05, 0) is 26.0 Å². The molecule has 0 spiro atoms. The molecular weight excluding hydrogens is 245 g/mol. The minimum atomic E-state index is -0.558. The Morgan fingerprint density at radius 2 is 2.16 bits per heavy atom. The van der Waals surface area contributed by atoms with Gasteiger partial charge in [0.1, 0.15) is 5.82 Å². The average Bonchev–Trinajstić information content (AvgIpc) is 2.39. The third-order valence-electron chi connectivity index (χ3n) is 2.91. The number of nitrogens with one attached hydrogen (secondary N) is 2. The van der Waals surface area contributed by atoms with Crippen LogP contribution in [-0.4, -0.2) is 19.5 Å². The van der Waals surface area contributed by atoms with E-state index in [2.05, 4.69) is 10.6 Å². The predicted octanol–water partition coefficient (Wildman–Crippen LogP) is 1.56. The van der Waals surface area contributed by atoms with Crippen LogP contribution >= 0.6 is 0 Å². The van der Waals surface area contributed by atoms with Gasteiger partial charge in [-0.25, -0.2) is 4.39 Å². The number of amides is 1. The van der Waals surface area contributed by atoms with Gasteiger partial charge in [0.15, 0.2) is 0 Å². The number of hydrogen-bond donors (Lipinski definition) is 2. The highest BCUT2D eigenvalue weighted by atomic mass is 19.1. The normalized spacial score (nSPS) is 10.9. The topological polar surface area (TPSA) is 64.9 Å². The molecule has 0 saturated carbocycles. The zero-order valence-electron chi connectivity index (χ0n) is 11.4. The van der Waals surface area contributed by atoms with Crippen LogP contribution in [-0.2, 0) is 11.3 Å². The fraction of sp³-hybridized carbons (Fsp3) is 0.429. The highest BCUT2D eigenvalue weighted by Gasteiger charge is 2.25. The first-order valence-corrected chi connectivity index (χ1v) is 6.02. The minimum Gasteiger partial charge on any atom is -0.359 e. The van der Waals surface area contributed by atoms with Crippen LogP contribution in [0.1, 0.15) is 25.0 Å². The van der Waals surface area contributed by atoms with E-state index in [4.69, 9.17) is 5.26 Å². The number of rotatable bonds is 5. The molecule has 1 aromatic rings. The van der Waals surface area contributed by atoms with Crippen molar-refractivity contribution < 1.29 is 9.18 Å². The molecule has 0 radical (unpaired) electrons. The molecule has 0 fully saturated rings. The third-order valence-corrected chi connectivity index (χ3v) is 2.91. The van der Waals surface area contributed by atoms with E-state index < -0.39 is 11.2 Å². The highest BCUT2D eigenvalue weighted by molar-refractivity contribution is 5.81. The van der Waals surface area contributed by atoms with Crippen molar-refractivity contribution in [1.29, 1.82) is 5.26 Å². The Morgan fingerprint density at radius 1 is 1.47 bits per heavy atom. The summed E-state index contributed by atoms with van der Waals surface area (Å²) in [7, 11) is 1.59. The first kappa shape index (κ1) is 15.1. The second-order valence-electron chi connectivity index (χ2n) is 4.98. The van der Waals surface area contributed by atoms with E-state index in [0.717, 1.165) is 0 Å². The molecular formula is C14H18FN3O. The SMILES string of the molecule is CNC(=O)C(C)(C)CNCc1ccc(C#N)cc1F. The molecule has 0 bridgehead atoms.